The van der Waals surface area contributed by atoms with Crippen molar-refractivity contribution in [2.75, 3.05) is 0 Å². The first-order chi connectivity index (χ1) is 6.22. The summed E-state index contributed by atoms with van der Waals surface area (Å²) in [4.78, 5) is 3.27. The van der Waals surface area contributed by atoms with Gasteiger partial charge in [-0.15, -0.1) is 0 Å². The zero-order valence-electron chi connectivity index (χ0n) is 7.52. The van der Waals surface area contributed by atoms with E-state index in [1.54, 1.807) is 0 Å². The van der Waals surface area contributed by atoms with Gasteiger partial charge in [0.2, 0.25) is 0 Å². The number of aromatic nitrogens is 1. The number of fused-ring (bicyclic) bond motifs is 1. The van der Waals surface area contributed by atoms with Crippen molar-refractivity contribution in [1.82, 2.24) is 4.98 Å². The number of halogens is 1. The van der Waals surface area contributed by atoms with Crippen LogP contribution in [-0.4, -0.2) is 4.98 Å². The second kappa shape index (κ2) is 3.33. The van der Waals surface area contributed by atoms with Crippen LogP contribution in [0.4, 0.5) is 0 Å². The van der Waals surface area contributed by atoms with Crippen molar-refractivity contribution in [1.29, 1.82) is 0 Å². The number of aryl methyl sites for hydroxylation is 1. The van der Waals surface area contributed by atoms with Gasteiger partial charge in [0.05, 0.1) is 0 Å². The molecule has 1 aromatic heterocycles. The Bertz CT molecular complexity index is 448. The lowest BCUT2D eigenvalue weighted by atomic mass is 10.1. The van der Waals surface area contributed by atoms with Gasteiger partial charge in [0, 0.05) is 22.1 Å². The molecule has 2 heteroatoms. The van der Waals surface area contributed by atoms with Gasteiger partial charge in [0.15, 0.2) is 0 Å². The van der Waals surface area contributed by atoms with Crippen LogP contribution in [0.2, 0.25) is 0 Å². The average Bonchev–Trinajstić information content (AvgIpc) is 2.48. The molecule has 0 aliphatic heterocycles. The molecule has 0 saturated heterocycles. The molecule has 1 radical (unpaired) electrons. The Kier molecular flexibility index (Phi) is 2.32. The molecule has 2 rings (SSSR count). The minimum atomic E-state index is 0. The number of H-pyrrole nitrogens is 1. The van der Waals surface area contributed by atoms with Crippen LogP contribution in [0.15, 0.2) is 18.3 Å². The second-order valence-corrected chi connectivity index (χ2v) is 4.32. The molecule has 1 aromatic carbocycles. The summed E-state index contributed by atoms with van der Waals surface area (Å²) in [5.41, 5.74) is 3.70. The molecule has 2 aromatic rings. The van der Waals surface area contributed by atoms with Gasteiger partial charge < -0.3 is 4.98 Å². The van der Waals surface area contributed by atoms with Gasteiger partial charge in [-0.25, -0.2) is 0 Å². The molecule has 1 heterocycles. The summed E-state index contributed by atoms with van der Waals surface area (Å²) in [6, 6.07) is 4.31. The zero-order valence-corrected chi connectivity index (χ0v) is 9.68. The number of hydrogen-bond donors (Lipinski definition) is 1. The van der Waals surface area contributed by atoms with Crippen molar-refractivity contribution >= 4 is 33.5 Å². The van der Waals surface area contributed by atoms with E-state index in [1.807, 2.05) is 0 Å². The molecule has 0 bridgehead atoms. The minimum absolute atomic E-state index is 0. The fourth-order valence-electron chi connectivity index (χ4n) is 1.54. The van der Waals surface area contributed by atoms with Crippen LogP contribution in [0.5, 0.6) is 0 Å². The second-order valence-electron chi connectivity index (χ2n) is 3.16. The third kappa shape index (κ3) is 1.47. The third-order valence-electron chi connectivity index (χ3n) is 2.32. The Morgan fingerprint density at radius 3 is 3.00 bits per heavy atom. The highest BCUT2D eigenvalue weighted by Crippen LogP contribution is 2.23. The third-order valence-corrected chi connectivity index (χ3v) is 3.32. The standard InChI is InChI=1S/C11H11IN.H2/c1-3-8-6-13-11-5-10(12)7(2)4-9(8)11;/h4-6,13H,2-3H2,1H3;1H. The quantitative estimate of drug-likeness (QED) is 0.768. The molecule has 0 aliphatic carbocycles. The van der Waals surface area contributed by atoms with E-state index in [-0.39, 0.29) is 1.43 Å². The average molecular weight is 286 g/mol. The van der Waals surface area contributed by atoms with Gasteiger partial charge in [0.25, 0.3) is 0 Å². The largest absolute Gasteiger partial charge is 0.361 e. The minimum Gasteiger partial charge on any atom is -0.361 e. The van der Waals surface area contributed by atoms with Crippen molar-refractivity contribution in [2.24, 2.45) is 0 Å². The molecule has 0 spiro atoms. The lowest BCUT2D eigenvalue weighted by Crippen LogP contribution is -1.81. The van der Waals surface area contributed by atoms with E-state index >= 15 is 0 Å². The molecule has 13 heavy (non-hydrogen) atoms. The maximum absolute atomic E-state index is 4.00. The van der Waals surface area contributed by atoms with Crippen LogP contribution >= 0.6 is 22.6 Å². The SMILES string of the molecule is [CH2]c1cc2c(CC)c[nH]c2cc1I.[HH]. The highest BCUT2D eigenvalue weighted by molar-refractivity contribution is 14.1. The summed E-state index contributed by atoms with van der Waals surface area (Å²) in [6.07, 6.45) is 3.15. The number of benzene rings is 1. The van der Waals surface area contributed by atoms with Gasteiger partial charge in [-0.05, 0) is 59.2 Å². The van der Waals surface area contributed by atoms with Crippen molar-refractivity contribution in [2.45, 2.75) is 13.3 Å². The lowest BCUT2D eigenvalue weighted by Gasteiger charge is -1.99. The van der Waals surface area contributed by atoms with Gasteiger partial charge in [-0.2, -0.15) is 0 Å². The molecule has 0 saturated carbocycles. The first kappa shape index (κ1) is 9.06. The van der Waals surface area contributed by atoms with Crippen LogP contribution in [0.1, 0.15) is 19.5 Å². The normalized spacial score (nSPS) is 11.0. The Labute approximate surface area is 93.2 Å². The van der Waals surface area contributed by atoms with Crippen LogP contribution in [0.25, 0.3) is 10.9 Å². The van der Waals surface area contributed by atoms with Gasteiger partial charge in [-0.1, -0.05) is 6.92 Å². The predicted molar refractivity (Wildman–Crippen MR) is 67.0 cm³/mol. The van der Waals surface area contributed by atoms with Crippen molar-refractivity contribution in [3.8, 4) is 0 Å². The molecule has 0 fully saturated rings. The van der Waals surface area contributed by atoms with Gasteiger partial charge in [-0.3, -0.25) is 0 Å². The Morgan fingerprint density at radius 1 is 1.54 bits per heavy atom. The Hall–Kier alpha value is -0.510. The first-order valence-electron chi connectivity index (χ1n) is 4.34. The number of hydrogen-bond acceptors (Lipinski definition) is 0. The fraction of sp³-hybridized carbons (Fsp3) is 0.182. The molecule has 0 atom stereocenters. The van der Waals surface area contributed by atoms with E-state index < -0.39 is 0 Å². The summed E-state index contributed by atoms with van der Waals surface area (Å²) >= 11 is 2.31. The molecule has 1 N–H and O–H groups in total. The van der Waals surface area contributed by atoms with E-state index in [2.05, 4.69) is 59.8 Å². The predicted octanol–water partition coefficient (Wildman–Crippen LogP) is 3.76. The fourth-order valence-corrected chi connectivity index (χ4v) is 2.01. The van der Waals surface area contributed by atoms with E-state index in [0.717, 1.165) is 12.0 Å². The topological polar surface area (TPSA) is 15.8 Å². The Balaban J connectivity index is 0.000000980. The molecule has 0 amide bonds. The lowest BCUT2D eigenvalue weighted by molar-refractivity contribution is 1.15. The molecule has 1 nitrogen and oxygen atoms in total. The summed E-state index contributed by atoms with van der Waals surface area (Å²) in [6.45, 7) is 6.17. The summed E-state index contributed by atoms with van der Waals surface area (Å²) < 4.78 is 1.22. The van der Waals surface area contributed by atoms with Crippen LogP contribution in [0, 0.1) is 10.5 Å². The van der Waals surface area contributed by atoms with E-state index in [0.29, 0.717) is 0 Å². The number of nitrogens with one attached hydrogen (secondary N) is 1. The van der Waals surface area contributed by atoms with Crippen LogP contribution in [0.3, 0.4) is 0 Å². The van der Waals surface area contributed by atoms with Crippen molar-refractivity contribution in [3.05, 3.63) is 40.0 Å². The van der Waals surface area contributed by atoms with Crippen LogP contribution in [-0.2, 0) is 6.42 Å². The molecule has 0 unspecified atom stereocenters. The molecule has 0 aliphatic rings. The molecular formula is C11H13IN. The highest BCUT2D eigenvalue weighted by Gasteiger charge is 2.03. The summed E-state index contributed by atoms with van der Waals surface area (Å²) in [5.74, 6) is 0. The van der Waals surface area contributed by atoms with Gasteiger partial charge in [0.1, 0.15) is 0 Å². The molecular weight excluding hydrogens is 273 g/mol. The summed E-state index contributed by atoms with van der Waals surface area (Å²) in [7, 11) is 0. The molecule has 69 valence electrons. The van der Waals surface area contributed by atoms with Crippen molar-refractivity contribution in [3.63, 3.8) is 0 Å². The van der Waals surface area contributed by atoms with E-state index in [4.69, 9.17) is 0 Å². The number of rotatable bonds is 1. The first-order valence-corrected chi connectivity index (χ1v) is 5.41. The Morgan fingerprint density at radius 2 is 2.31 bits per heavy atom. The van der Waals surface area contributed by atoms with Gasteiger partial charge >= 0.3 is 0 Å². The zero-order chi connectivity index (χ0) is 9.42. The smallest absolute Gasteiger partial charge is 0.0467 e. The number of aromatic amines is 1. The monoisotopic (exact) mass is 286 g/mol. The summed E-state index contributed by atoms with van der Waals surface area (Å²) in [5, 5.41) is 1.31. The maximum Gasteiger partial charge on any atom is 0.0467 e. The maximum atomic E-state index is 4.00. The van der Waals surface area contributed by atoms with Crippen molar-refractivity contribution < 1.29 is 1.43 Å². The highest BCUT2D eigenvalue weighted by atomic mass is 127. The van der Waals surface area contributed by atoms with E-state index in [9.17, 15) is 0 Å². The van der Waals surface area contributed by atoms with E-state index in [1.165, 1.54) is 20.0 Å². The van der Waals surface area contributed by atoms with Crippen LogP contribution < -0.4 is 0 Å².